The third kappa shape index (κ3) is 2.47. The second kappa shape index (κ2) is 5.12. The molecule has 0 aliphatic rings. The van der Waals surface area contributed by atoms with E-state index in [0.29, 0.717) is 12.8 Å². The van der Waals surface area contributed by atoms with Gasteiger partial charge in [-0.2, -0.15) is 0 Å². The molecule has 18 heavy (non-hydrogen) atoms. The van der Waals surface area contributed by atoms with E-state index in [1.54, 1.807) is 7.11 Å². The Morgan fingerprint density at radius 3 is 2.89 bits per heavy atom. The maximum atomic E-state index is 10.5. The summed E-state index contributed by atoms with van der Waals surface area (Å²) in [5.74, 6) is 0.865. The third-order valence-corrected chi connectivity index (χ3v) is 3.02. The second-order valence-electron chi connectivity index (χ2n) is 4.25. The predicted molar refractivity (Wildman–Crippen MR) is 68.1 cm³/mol. The molecule has 4 nitrogen and oxygen atoms in total. The van der Waals surface area contributed by atoms with Crippen molar-refractivity contribution in [2.24, 2.45) is 0 Å². The van der Waals surface area contributed by atoms with Crippen LogP contribution in [-0.2, 0) is 11.2 Å². The van der Waals surface area contributed by atoms with Crippen molar-refractivity contribution in [1.29, 1.82) is 0 Å². The Morgan fingerprint density at radius 1 is 1.44 bits per heavy atom. The summed E-state index contributed by atoms with van der Waals surface area (Å²) in [5.41, 5.74) is 1.89. The van der Waals surface area contributed by atoms with Gasteiger partial charge in [-0.05, 0) is 38.0 Å². The van der Waals surface area contributed by atoms with E-state index >= 15 is 0 Å². The van der Waals surface area contributed by atoms with Gasteiger partial charge >= 0.3 is 5.97 Å². The molecule has 1 aromatic heterocycles. The van der Waals surface area contributed by atoms with Gasteiger partial charge in [-0.25, -0.2) is 0 Å². The van der Waals surface area contributed by atoms with E-state index in [9.17, 15) is 4.79 Å². The number of carboxylic acid groups (broad SMARTS) is 1. The first-order chi connectivity index (χ1) is 8.61. The fourth-order valence-corrected chi connectivity index (χ4v) is 2.10. The molecule has 0 amide bonds. The molecule has 1 aromatic carbocycles. The number of aliphatic carboxylic acids is 1. The van der Waals surface area contributed by atoms with Crippen molar-refractivity contribution >= 4 is 16.9 Å². The molecule has 96 valence electrons. The van der Waals surface area contributed by atoms with Crippen LogP contribution >= 0.6 is 0 Å². The average molecular weight is 248 g/mol. The molecule has 2 aromatic rings. The van der Waals surface area contributed by atoms with E-state index in [2.05, 4.69) is 0 Å². The molecule has 0 fully saturated rings. The van der Waals surface area contributed by atoms with Gasteiger partial charge in [0.2, 0.25) is 0 Å². The Hall–Kier alpha value is -1.97. The number of ether oxygens (including phenoxy) is 1. The van der Waals surface area contributed by atoms with Gasteiger partial charge in [-0.15, -0.1) is 0 Å². The molecule has 0 atom stereocenters. The number of hydrogen-bond acceptors (Lipinski definition) is 3. The normalized spacial score (nSPS) is 10.8. The topological polar surface area (TPSA) is 59.7 Å². The largest absolute Gasteiger partial charge is 0.497 e. The third-order valence-electron chi connectivity index (χ3n) is 3.02. The van der Waals surface area contributed by atoms with Gasteiger partial charge in [0.25, 0.3) is 0 Å². The maximum Gasteiger partial charge on any atom is 0.303 e. The lowest BCUT2D eigenvalue weighted by Crippen LogP contribution is -1.96. The molecule has 0 saturated carbocycles. The van der Waals surface area contributed by atoms with Crippen molar-refractivity contribution in [3.05, 3.63) is 29.5 Å². The number of aryl methyl sites for hydroxylation is 2. The number of methoxy groups -OCH3 is 1. The summed E-state index contributed by atoms with van der Waals surface area (Å²) in [6.45, 7) is 1.91. The first-order valence-corrected chi connectivity index (χ1v) is 5.89. The summed E-state index contributed by atoms with van der Waals surface area (Å²) in [6.07, 6.45) is 1.50. The molecule has 0 bridgehead atoms. The molecule has 1 N–H and O–H groups in total. The lowest BCUT2D eigenvalue weighted by atomic mass is 10.0. The van der Waals surface area contributed by atoms with E-state index in [-0.39, 0.29) is 6.42 Å². The van der Waals surface area contributed by atoms with Crippen molar-refractivity contribution in [2.45, 2.75) is 26.2 Å². The van der Waals surface area contributed by atoms with Crippen LogP contribution in [0.3, 0.4) is 0 Å². The second-order valence-corrected chi connectivity index (χ2v) is 4.25. The lowest BCUT2D eigenvalue weighted by Gasteiger charge is -2.01. The summed E-state index contributed by atoms with van der Waals surface area (Å²) in [4.78, 5) is 10.5. The Labute approximate surface area is 105 Å². The highest BCUT2D eigenvalue weighted by molar-refractivity contribution is 5.83. The van der Waals surface area contributed by atoms with Gasteiger partial charge in [0.1, 0.15) is 17.1 Å². The van der Waals surface area contributed by atoms with Crippen LogP contribution in [0.25, 0.3) is 11.0 Å². The van der Waals surface area contributed by atoms with E-state index in [1.165, 1.54) is 0 Å². The van der Waals surface area contributed by atoms with Gasteiger partial charge in [0.05, 0.1) is 7.11 Å². The first kappa shape index (κ1) is 12.5. The highest BCUT2D eigenvalue weighted by Crippen LogP contribution is 2.30. The van der Waals surface area contributed by atoms with E-state index in [1.807, 2.05) is 25.1 Å². The number of fused-ring (bicyclic) bond motifs is 1. The quantitative estimate of drug-likeness (QED) is 0.882. The lowest BCUT2D eigenvalue weighted by molar-refractivity contribution is -0.137. The molecule has 0 aliphatic heterocycles. The summed E-state index contributed by atoms with van der Waals surface area (Å²) in [6, 6.07) is 5.66. The van der Waals surface area contributed by atoms with E-state index in [0.717, 1.165) is 28.0 Å². The molecule has 1 heterocycles. The van der Waals surface area contributed by atoms with Crippen LogP contribution in [0.4, 0.5) is 0 Å². The predicted octanol–water partition coefficient (Wildman–Crippen LogP) is 3.16. The summed E-state index contributed by atoms with van der Waals surface area (Å²) < 4.78 is 10.8. The monoisotopic (exact) mass is 248 g/mol. The fraction of sp³-hybridized carbons (Fsp3) is 0.357. The molecule has 0 aliphatic carbocycles. The molecular weight excluding hydrogens is 232 g/mol. The molecule has 0 unspecified atom stereocenters. The number of carboxylic acids is 1. The zero-order chi connectivity index (χ0) is 13.1. The van der Waals surface area contributed by atoms with Crippen LogP contribution in [0.1, 0.15) is 24.2 Å². The molecule has 0 spiro atoms. The Morgan fingerprint density at radius 2 is 2.22 bits per heavy atom. The van der Waals surface area contributed by atoms with Crippen molar-refractivity contribution in [3.63, 3.8) is 0 Å². The summed E-state index contributed by atoms with van der Waals surface area (Å²) >= 11 is 0. The molecule has 0 radical (unpaired) electrons. The SMILES string of the molecule is COc1ccc2oc(C)c(CCCC(=O)O)c2c1. The number of furan rings is 1. The average Bonchev–Trinajstić information content (AvgIpc) is 2.64. The standard InChI is InChI=1S/C14H16O4/c1-9-11(4-3-5-14(15)16)12-8-10(17-2)6-7-13(12)18-9/h6-8H,3-5H2,1-2H3,(H,15,16). The van der Waals surface area contributed by atoms with Crippen LogP contribution in [-0.4, -0.2) is 18.2 Å². The summed E-state index contributed by atoms with van der Waals surface area (Å²) in [5, 5.41) is 9.67. The minimum atomic E-state index is -0.766. The smallest absolute Gasteiger partial charge is 0.303 e. The molecule has 4 heteroatoms. The number of rotatable bonds is 5. The molecular formula is C14H16O4. The van der Waals surface area contributed by atoms with Crippen LogP contribution in [0.2, 0.25) is 0 Å². The van der Waals surface area contributed by atoms with Gasteiger partial charge < -0.3 is 14.3 Å². The summed E-state index contributed by atoms with van der Waals surface area (Å²) in [7, 11) is 1.62. The maximum absolute atomic E-state index is 10.5. The Bertz CT molecular complexity index is 568. The van der Waals surface area contributed by atoms with Gasteiger partial charge in [0, 0.05) is 17.4 Å². The molecule has 2 rings (SSSR count). The van der Waals surface area contributed by atoms with Gasteiger partial charge in [-0.1, -0.05) is 0 Å². The minimum absolute atomic E-state index is 0.177. The first-order valence-electron chi connectivity index (χ1n) is 5.89. The number of benzene rings is 1. The van der Waals surface area contributed by atoms with Gasteiger partial charge in [0.15, 0.2) is 0 Å². The Balaban J connectivity index is 2.29. The minimum Gasteiger partial charge on any atom is -0.497 e. The Kier molecular flexibility index (Phi) is 3.55. The van der Waals surface area contributed by atoms with Crippen molar-refractivity contribution < 1.29 is 19.1 Å². The van der Waals surface area contributed by atoms with Crippen LogP contribution in [0.15, 0.2) is 22.6 Å². The highest BCUT2D eigenvalue weighted by atomic mass is 16.5. The fourth-order valence-electron chi connectivity index (χ4n) is 2.10. The number of carbonyl (C=O) groups is 1. The van der Waals surface area contributed by atoms with Crippen molar-refractivity contribution in [2.75, 3.05) is 7.11 Å². The zero-order valence-corrected chi connectivity index (χ0v) is 10.5. The van der Waals surface area contributed by atoms with Gasteiger partial charge in [-0.3, -0.25) is 4.79 Å². The van der Waals surface area contributed by atoms with Crippen LogP contribution < -0.4 is 4.74 Å². The van der Waals surface area contributed by atoms with Crippen molar-refractivity contribution in [3.8, 4) is 5.75 Å². The molecule has 0 saturated heterocycles. The van der Waals surface area contributed by atoms with E-state index in [4.69, 9.17) is 14.3 Å². The van der Waals surface area contributed by atoms with Crippen LogP contribution in [0, 0.1) is 6.92 Å². The van der Waals surface area contributed by atoms with Crippen molar-refractivity contribution in [1.82, 2.24) is 0 Å². The zero-order valence-electron chi connectivity index (χ0n) is 10.5. The highest BCUT2D eigenvalue weighted by Gasteiger charge is 2.12. The number of hydrogen-bond donors (Lipinski definition) is 1. The van der Waals surface area contributed by atoms with Crippen LogP contribution in [0.5, 0.6) is 5.75 Å². The van der Waals surface area contributed by atoms with E-state index < -0.39 is 5.97 Å².